The molecule has 0 amide bonds. The summed E-state index contributed by atoms with van der Waals surface area (Å²) >= 11 is 0. The third-order valence-electron chi connectivity index (χ3n) is 3.79. The zero-order chi connectivity index (χ0) is 13.7. The molecule has 19 heavy (non-hydrogen) atoms. The van der Waals surface area contributed by atoms with Gasteiger partial charge in [-0.15, -0.1) is 0 Å². The maximum atomic E-state index is 12.7. The molecular weight excluding hydrogens is 236 g/mol. The Hall–Kier alpha value is -1.66. The molecule has 0 bridgehead atoms. The summed E-state index contributed by atoms with van der Waals surface area (Å²) in [7, 11) is 0. The zero-order valence-corrected chi connectivity index (χ0v) is 11.4. The largest absolute Gasteiger partial charge is 0.292 e. The maximum absolute atomic E-state index is 12.7. The van der Waals surface area contributed by atoms with E-state index < -0.39 is 0 Å². The van der Waals surface area contributed by atoms with Crippen LogP contribution in [0.1, 0.15) is 36.5 Å². The van der Waals surface area contributed by atoms with Crippen molar-refractivity contribution in [1.82, 2.24) is 4.90 Å². The van der Waals surface area contributed by atoms with Crippen LogP contribution < -0.4 is 0 Å². The Morgan fingerprint density at radius 1 is 1.21 bits per heavy atom. The number of Topliss-reactive ketones (excluding diaryl/α,β-unsaturated/α-hetero) is 1. The van der Waals surface area contributed by atoms with Gasteiger partial charge in [0.25, 0.3) is 0 Å². The maximum Gasteiger partial charge on any atom is 0.181 e. The molecule has 1 aromatic rings. The predicted molar refractivity (Wildman–Crippen MR) is 74.8 cm³/mol. The van der Waals surface area contributed by atoms with E-state index in [4.69, 9.17) is 0 Å². The number of ketones is 1. The van der Waals surface area contributed by atoms with Gasteiger partial charge in [-0.05, 0) is 32.9 Å². The summed E-state index contributed by atoms with van der Waals surface area (Å²) in [5.41, 5.74) is 0.708. The molecule has 2 atom stereocenters. The normalized spacial score (nSPS) is 19.4. The highest BCUT2D eigenvalue weighted by Gasteiger charge is 2.32. The van der Waals surface area contributed by atoms with Gasteiger partial charge in [-0.25, -0.2) is 0 Å². The highest BCUT2D eigenvalue weighted by molar-refractivity contribution is 6.00. The highest BCUT2D eigenvalue weighted by atomic mass is 16.1. The SMILES string of the molecule is CC(C#N)C(C(=O)c1ccccc1)N1CCCCC1. The molecule has 3 heteroatoms. The third kappa shape index (κ3) is 3.21. The molecule has 1 heterocycles. The lowest BCUT2D eigenvalue weighted by atomic mass is 9.91. The van der Waals surface area contributed by atoms with Gasteiger partial charge in [-0.2, -0.15) is 5.26 Å². The molecule has 1 aromatic carbocycles. The predicted octanol–water partition coefficient (Wildman–Crippen LogP) is 2.88. The quantitative estimate of drug-likeness (QED) is 0.778. The lowest BCUT2D eigenvalue weighted by Crippen LogP contribution is -2.47. The Morgan fingerprint density at radius 3 is 2.42 bits per heavy atom. The van der Waals surface area contributed by atoms with Crippen molar-refractivity contribution in [3.8, 4) is 6.07 Å². The topological polar surface area (TPSA) is 44.1 Å². The standard InChI is InChI=1S/C16H20N2O/c1-13(12-17)15(18-10-6-3-7-11-18)16(19)14-8-4-2-5-9-14/h2,4-5,8-9,13,15H,3,6-7,10-11H2,1H3. The van der Waals surface area contributed by atoms with Gasteiger partial charge in [-0.3, -0.25) is 9.69 Å². The van der Waals surface area contributed by atoms with Crippen LogP contribution in [0.25, 0.3) is 0 Å². The van der Waals surface area contributed by atoms with Crippen molar-refractivity contribution < 1.29 is 4.79 Å². The van der Waals surface area contributed by atoms with E-state index in [9.17, 15) is 10.1 Å². The highest BCUT2D eigenvalue weighted by Crippen LogP contribution is 2.21. The molecule has 1 fully saturated rings. The van der Waals surface area contributed by atoms with Gasteiger partial charge in [0.15, 0.2) is 5.78 Å². The Balaban J connectivity index is 2.22. The minimum absolute atomic E-state index is 0.0801. The van der Waals surface area contributed by atoms with Gasteiger partial charge in [-0.1, -0.05) is 36.8 Å². The number of carbonyl (C=O) groups excluding carboxylic acids is 1. The van der Waals surface area contributed by atoms with Gasteiger partial charge < -0.3 is 0 Å². The minimum Gasteiger partial charge on any atom is -0.292 e. The smallest absolute Gasteiger partial charge is 0.181 e. The average molecular weight is 256 g/mol. The van der Waals surface area contributed by atoms with Gasteiger partial charge in [0, 0.05) is 5.56 Å². The average Bonchev–Trinajstić information content (AvgIpc) is 2.49. The first kappa shape index (κ1) is 13.8. The molecule has 0 aliphatic carbocycles. The second kappa shape index (κ2) is 6.49. The molecule has 1 aliphatic heterocycles. The summed E-state index contributed by atoms with van der Waals surface area (Å²) in [5, 5.41) is 9.20. The molecule has 0 saturated carbocycles. The Morgan fingerprint density at radius 2 is 1.84 bits per heavy atom. The summed E-state index contributed by atoms with van der Waals surface area (Å²) in [5.74, 6) is -0.192. The Labute approximate surface area is 114 Å². The number of hydrogen-bond acceptors (Lipinski definition) is 3. The van der Waals surface area contributed by atoms with Gasteiger partial charge >= 0.3 is 0 Å². The van der Waals surface area contributed by atoms with Crippen LogP contribution in [0.2, 0.25) is 0 Å². The van der Waals surface area contributed by atoms with E-state index in [1.54, 1.807) is 0 Å². The van der Waals surface area contributed by atoms with Gasteiger partial charge in [0.2, 0.25) is 0 Å². The van der Waals surface area contributed by atoms with E-state index >= 15 is 0 Å². The van der Waals surface area contributed by atoms with Crippen molar-refractivity contribution in [1.29, 1.82) is 5.26 Å². The van der Waals surface area contributed by atoms with Crippen LogP contribution in [-0.4, -0.2) is 29.8 Å². The second-order valence-electron chi connectivity index (χ2n) is 5.19. The van der Waals surface area contributed by atoms with Crippen LogP contribution >= 0.6 is 0 Å². The minimum atomic E-state index is -0.298. The molecule has 0 radical (unpaired) electrons. The number of rotatable bonds is 4. The van der Waals surface area contributed by atoms with Crippen LogP contribution in [0.3, 0.4) is 0 Å². The fourth-order valence-corrected chi connectivity index (χ4v) is 2.75. The number of nitrogens with zero attached hydrogens (tertiary/aromatic N) is 2. The first-order chi connectivity index (χ1) is 9.24. The monoisotopic (exact) mass is 256 g/mol. The van der Waals surface area contributed by atoms with Crippen molar-refractivity contribution >= 4 is 5.78 Å². The summed E-state index contributed by atoms with van der Waals surface area (Å²) < 4.78 is 0. The van der Waals surface area contributed by atoms with Crippen molar-refractivity contribution in [2.75, 3.05) is 13.1 Å². The zero-order valence-electron chi connectivity index (χ0n) is 11.4. The fraction of sp³-hybridized carbons (Fsp3) is 0.500. The van der Waals surface area contributed by atoms with Crippen LogP contribution in [0, 0.1) is 17.2 Å². The molecule has 1 aliphatic rings. The summed E-state index contributed by atoms with van der Waals surface area (Å²) in [6.07, 6.45) is 3.47. The summed E-state index contributed by atoms with van der Waals surface area (Å²) in [6, 6.07) is 11.3. The van der Waals surface area contributed by atoms with E-state index in [1.165, 1.54) is 6.42 Å². The van der Waals surface area contributed by atoms with Crippen molar-refractivity contribution in [2.45, 2.75) is 32.2 Å². The van der Waals surface area contributed by atoms with Crippen molar-refractivity contribution in [2.24, 2.45) is 5.92 Å². The molecule has 3 nitrogen and oxygen atoms in total. The lowest BCUT2D eigenvalue weighted by Gasteiger charge is -2.34. The molecule has 2 rings (SSSR count). The number of piperidine rings is 1. The number of carbonyl (C=O) groups is 1. The number of hydrogen-bond donors (Lipinski definition) is 0. The first-order valence-corrected chi connectivity index (χ1v) is 6.97. The number of nitriles is 1. The molecule has 0 spiro atoms. The summed E-state index contributed by atoms with van der Waals surface area (Å²) in [4.78, 5) is 14.8. The van der Waals surface area contributed by atoms with Gasteiger partial charge in [0.05, 0.1) is 18.0 Å². The van der Waals surface area contributed by atoms with Crippen LogP contribution in [0.15, 0.2) is 30.3 Å². The van der Waals surface area contributed by atoms with Crippen LogP contribution in [0.5, 0.6) is 0 Å². The number of likely N-dealkylation sites (tertiary alicyclic amines) is 1. The molecule has 2 unspecified atom stereocenters. The third-order valence-corrected chi connectivity index (χ3v) is 3.79. The van der Waals surface area contributed by atoms with E-state index in [0.29, 0.717) is 5.56 Å². The molecule has 1 saturated heterocycles. The van der Waals surface area contributed by atoms with Crippen molar-refractivity contribution in [3.63, 3.8) is 0 Å². The molecular formula is C16H20N2O. The lowest BCUT2D eigenvalue weighted by molar-refractivity contribution is 0.0730. The Kier molecular flexibility index (Phi) is 4.70. The van der Waals surface area contributed by atoms with Gasteiger partial charge in [0.1, 0.15) is 0 Å². The van der Waals surface area contributed by atoms with Crippen LogP contribution in [-0.2, 0) is 0 Å². The first-order valence-electron chi connectivity index (χ1n) is 6.97. The fourth-order valence-electron chi connectivity index (χ4n) is 2.75. The van der Waals surface area contributed by atoms with E-state index in [1.807, 2.05) is 37.3 Å². The molecule has 0 aromatic heterocycles. The van der Waals surface area contributed by atoms with E-state index in [-0.39, 0.29) is 17.7 Å². The van der Waals surface area contributed by atoms with Crippen molar-refractivity contribution in [3.05, 3.63) is 35.9 Å². The van der Waals surface area contributed by atoms with Crippen LogP contribution in [0.4, 0.5) is 0 Å². The molecule has 0 N–H and O–H groups in total. The summed E-state index contributed by atoms with van der Waals surface area (Å²) in [6.45, 7) is 3.70. The van der Waals surface area contributed by atoms with E-state index in [2.05, 4.69) is 11.0 Å². The molecule has 100 valence electrons. The second-order valence-corrected chi connectivity index (χ2v) is 5.19. The Bertz CT molecular complexity index is 457. The van der Waals surface area contributed by atoms with E-state index in [0.717, 1.165) is 25.9 Å². The number of benzene rings is 1.